The minimum Gasteiger partial charge on any atom is -0.491 e. The first-order valence-electron chi connectivity index (χ1n) is 18.6. The summed E-state index contributed by atoms with van der Waals surface area (Å²) in [6.07, 6.45) is 7.52. The first kappa shape index (κ1) is 41.8. The van der Waals surface area contributed by atoms with Crippen LogP contribution in [0.25, 0.3) is 0 Å². The Morgan fingerprint density at radius 1 is 0.824 bits per heavy atom. The van der Waals surface area contributed by atoms with Crippen LogP contribution < -0.4 is 9.47 Å². The predicted molar refractivity (Wildman–Crippen MR) is 202 cm³/mol. The van der Waals surface area contributed by atoms with E-state index in [2.05, 4.69) is 58.2 Å². The van der Waals surface area contributed by atoms with Gasteiger partial charge in [0.15, 0.2) is 0 Å². The highest BCUT2D eigenvalue weighted by atomic mass is 16.6. The van der Waals surface area contributed by atoms with E-state index in [-0.39, 0.29) is 24.0 Å². The number of carbonyl (C=O) groups is 2. The third kappa shape index (κ3) is 11.4. The molecule has 0 spiro atoms. The molecule has 8 nitrogen and oxygen atoms in total. The summed E-state index contributed by atoms with van der Waals surface area (Å²) in [7, 11) is 0. The standard InChI is InChI=1S/C43H62O8/c1-10-38(46)49-30-34(44)27-42(9,12-3)50-37-21-15-31(16-22-37)40(6,7)32-23-25-41(8,26-24-32)33-17-19-36(20-18-33)48-29-35(45)28-43(13-4,14-5)51-39(47)11-2/h10-11,15-22,32,34-35,44-45H,1-2,12-14,23-30H2,3-9H3. The lowest BCUT2D eigenvalue weighted by atomic mass is 9.60. The van der Waals surface area contributed by atoms with Crippen molar-refractivity contribution in [3.05, 3.63) is 85.0 Å². The number of hydrogen-bond donors (Lipinski definition) is 2. The van der Waals surface area contributed by atoms with Crippen molar-refractivity contribution >= 4 is 11.9 Å². The zero-order chi connectivity index (χ0) is 37.9. The van der Waals surface area contributed by atoms with E-state index in [1.807, 2.05) is 52.0 Å². The first-order valence-corrected chi connectivity index (χ1v) is 18.6. The minimum atomic E-state index is -0.838. The number of hydrogen-bond acceptors (Lipinski definition) is 8. The fourth-order valence-corrected chi connectivity index (χ4v) is 7.40. The molecule has 0 saturated heterocycles. The average molecular weight is 707 g/mol. The number of carbonyl (C=O) groups excluding carboxylic acids is 2. The molecular formula is C43H62O8. The highest BCUT2D eigenvalue weighted by molar-refractivity contribution is 5.81. The van der Waals surface area contributed by atoms with E-state index in [4.69, 9.17) is 18.9 Å². The maximum Gasteiger partial charge on any atom is 0.330 e. The number of esters is 2. The monoisotopic (exact) mass is 706 g/mol. The summed E-state index contributed by atoms with van der Waals surface area (Å²) in [5.41, 5.74) is 1.26. The summed E-state index contributed by atoms with van der Waals surface area (Å²) in [4.78, 5) is 23.2. The molecule has 1 aliphatic carbocycles. The quantitative estimate of drug-likeness (QED) is 0.104. The van der Waals surface area contributed by atoms with Crippen molar-refractivity contribution in [2.24, 2.45) is 5.92 Å². The van der Waals surface area contributed by atoms with Crippen LogP contribution >= 0.6 is 0 Å². The van der Waals surface area contributed by atoms with Crippen LogP contribution in [0.2, 0.25) is 0 Å². The first-order chi connectivity index (χ1) is 24.1. The molecule has 0 heterocycles. The van der Waals surface area contributed by atoms with Gasteiger partial charge in [-0.3, -0.25) is 0 Å². The lowest BCUT2D eigenvalue weighted by molar-refractivity contribution is -0.158. The Labute approximate surface area is 306 Å². The summed E-state index contributed by atoms with van der Waals surface area (Å²) in [5, 5.41) is 21.2. The molecule has 0 bridgehead atoms. The summed E-state index contributed by atoms with van der Waals surface area (Å²) in [6.45, 7) is 21.8. The number of benzene rings is 2. The van der Waals surface area contributed by atoms with Gasteiger partial charge < -0.3 is 29.2 Å². The fourth-order valence-electron chi connectivity index (χ4n) is 7.40. The summed E-state index contributed by atoms with van der Waals surface area (Å²) >= 11 is 0. The third-order valence-corrected chi connectivity index (χ3v) is 11.4. The van der Waals surface area contributed by atoms with E-state index >= 15 is 0 Å². The van der Waals surface area contributed by atoms with Crippen molar-refractivity contribution in [1.82, 2.24) is 0 Å². The predicted octanol–water partition coefficient (Wildman–Crippen LogP) is 8.56. The Balaban J connectivity index is 1.55. The van der Waals surface area contributed by atoms with Crippen molar-refractivity contribution in [3.8, 4) is 11.5 Å². The molecule has 3 unspecified atom stereocenters. The summed E-state index contributed by atoms with van der Waals surface area (Å²) in [5.74, 6) is 0.943. The molecule has 2 aromatic carbocycles. The summed E-state index contributed by atoms with van der Waals surface area (Å²) in [6, 6.07) is 16.6. The maximum atomic E-state index is 11.9. The van der Waals surface area contributed by atoms with Crippen LogP contribution in [0, 0.1) is 5.92 Å². The molecule has 1 saturated carbocycles. The minimum absolute atomic E-state index is 0.0190. The Morgan fingerprint density at radius 2 is 1.37 bits per heavy atom. The topological polar surface area (TPSA) is 112 Å². The smallest absolute Gasteiger partial charge is 0.330 e. The maximum absolute atomic E-state index is 11.9. The van der Waals surface area contributed by atoms with Gasteiger partial charge in [-0.05, 0) is 104 Å². The molecule has 0 aliphatic heterocycles. The van der Waals surface area contributed by atoms with Gasteiger partial charge in [0.1, 0.15) is 35.9 Å². The molecule has 51 heavy (non-hydrogen) atoms. The van der Waals surface area contributed by atoms with Gasteiger partial charge in [0.25, 0.3) is 0 Å². The van der Waals surface area contributed by atoms with Gasteiger partial charge in [0.2, 0.25) is 0 Å². The van der Waals surface area contributed by atoms with E-state index in [9.17, 15) is 19.8 Å². The molecule has 0 amide bonds. The second kappa shape index (κ2) is 18.2. The lowest BCUT2D eigenvalue weighted by Crippen LogP contribution is -2.39. The third-order valence-electron chi connectivity index (χ3n) is 11.4. The van der Waals surface area contributed by atoms with Crippen LogP contribution in [0.4, 0.5) is 0 Å². The second-order valence-corrected chi connectivity index (χ2v) is 15.4. The largest absolute Gasteiger partial charge is 0.491 e. The van der Waals surface area contributed by atoms with Gasteiger partial charge in [-0.25, -0.2) is 9.59 Å². The van der Waals surface area contributed by atoms with Gasteiger partial charge in [-0.15, -0.1) is 0 Å². The van der Waals surface area contributed by atoms with Gasteiger partial charge >= 0.3 is 11.9 Å². The second-order valence-electron chi connectivity index (χ2n) is 15.4. The molecule has 282 valence electrons. The molecule has 3 rings (SSSR count). The van der Waals surface area contributed by atoms with E-state index in [1.165, 1.54) is 11.1 Å². The number of ether oxygens (including phenoxy) is 4. The van der Waals surface area contributed by atoms with Crippen LogP contribution in [-0.2, 0) is 29.9 Å². The van der Waals surface area contributed by atoms with Crippen LogP contribution in [0.1, 0.15) is 117 Å². The highest BCUT2D eigenvalue weighted by Crippen LogP contribution is 2.48. The molecule has 1 fully saturated rings. The molecule has 1 aliphatic rings. The molecule has 8 heteroatoms. The van der Waals surface area contributed by atoms with Gasteiger partial charge in [-0.2, -0.15) is 0 Å². The van der Waals surface area contributed by atoms with Crippen molar-refractivity contribution in [3.63, 3.8) is 0 Å². The molecule has 2 aromatic rings. The Morgan fingerprint density at radius 3 is 1.90 bits per heavy atom. The molecular weight excluding hydrogens is 644 g/mol. The normalized spacial score (nSPS) is 20.3. The molecule has 2 N–H and O–H groups in total. The Kier molecular flexibility index (Phi) is 14.9. The zero-order valence-corrected chi connectivity index (χ0v) is 32.0. The zero-order valence-electron chi connectivity index (χ0n) is 32.0. The van der Waals surface area contributed by atoms with E-state index < -0.39 is 35.3 Å². The average Bonchev–Trinajstić information content (AvgIpc) is 3.13. The van der Waals surface area contributed by atoms with E-state index in [0.29, 0.717) is 43.8 Å². The Hall–Kier alpha value is -3.62. The van der Waals surface area contributed by atoms with E-state index in [1.54, 1.807) is 0 Å². The highest BCUT2D eigenvalue weighted by Gasteiger charge is 2.40. The van der Waals surface area contributed by atoms with Crippen LogP contribution in [0.5, 0.6) is 11.5 Å². The Bertz CT molecular complexity index is 1420. The summed E-state index contributed by atoms with van der Waals surface area (Å²) < 4.78 is 22.9. The van der Waals surface area contributed by atoms with Gasteiger partial charge in [-0.1, -0.05) is 79.0 Å². The van der Waals surface area contributed by atoms with Gasteiger partial charge in [0, 0.05) is 25.0 Å². The van der Waals surface area contributed by atoms with Gasteiger partial charge in [0.05, 0.1) is 12.2 Å². The fraction of sp³-hybridized carbons (Fsp3) is 0.581. The number of aliphatic hydroxyl groups is 2. The molecule has 0 aromatic heterocycles. The van der Waals surface area contributed by atoms with E-state index in [0.717, 1.165) is 43.6 Å². The number of rotatable bonds is 20. The van der Waals surface area contributed by atoms with Crippen LogP contribution in [-0.4, -0.2) is 58.8 Å². The van der Waals surface area contributed by atoms with Crippen molar-refractivity contribution < 1.29 is 38.7 Å². The van der Waals surface area contributed by atoms with Crippen molar-refractivity contribution in [1.29, 1.82) is 0 Å². The molecule has 0 radical (unpaired) electrons. The van der Waals surface area contributed by atoms with Crippen molar-refractivity contribution in [2.45, 2.75) is 140 Å². The van der Waals surface area contributed by atoms with Crippen LogP contribution in [0.15, 0.2) is 73.8 Å². The lowest BCUT2D eigenvalue weighted by Gasteiger charge is -2.44. The molecule has 3 atom stereocenters. The SMILES string of the molecule is C=CC(=O)OCC(O)CC(C)(CC)Oc1ccc(C(C)(C)C2CCC(C)(c3ccc(OCC(O)CC(CC)(CC)OC(=O)C=C)cc3)CC2)cc1. The van der Waals surface area contributed by atoms with Crippen LogP contribution in [0.3, 0.4) is 0 Å². The number of aliphatic hydroxyl groups excluding tert-OH is 2. The van der Waals surface area contributed by atoms with Crippen molar-refractivity contribution in [2.75, 3.05) is 13.2 Å².